The van der Waals surface area contributed by atoms with Gasteiger partial charge < -0.3 is 19.9 Å². The summed E-state index contributed by atoms with van der Waals surface area (Å²) in [6.45, 7) is 3.15. The number of anilines is 1. The van der Waals surface area contributed by atoms with Crippen molar-refractivity contribution in [1.29, 1.82) is 0 Å². The summed E-state index contributed by atoms with van der Waals surface area (Å²) in [6, 6.07) is 11.7. The number of carbonyl (C=O) groups is 1. The molecule has 0 saturated carbocycles. The van der Waals surface area contributed by atoms with Crippen LogP contribution in [0.4, 0.5) is 10.6 Å². The highest BCUT2D eigenvalue weighted by Crippen LogP contribution is 2.17. The van der Waals surface area contributed by atoms with E-state index in [-0.39, 0.29) is 6.03 Å². The first-order chi connectivity index (χ1) is 12.7. The van der Waals surface area contributed by atoms with E-state index in [9.17, 15) is 4.79 Å². The van der Waals surface area contributed by atoms with Crippen molar-refractivity contribution < 1.29 is 9.53 Å². The molecule has 0 aliphatic carbocycles. The van der Waals surface area contributed by atoms with E-state index < -0.39 is 0 Å². The number of hydrogen-bond acceptors (Lipinski definition) is 4. The van der Waals surface area contributed by atoms with Gasteiger partial charge in [-0.15, -0.1) is 0 Å². The zero-order valence-corrected chi connectivity index (χ0v) is 15.4. The van der Waals surface area contributed by atoms with E-state index in [1.165, 1.54) is 12.8 Å². The summed E-state index contributed by atoms with van der Waals surface area (Å²) < 4.78 is 5.22. The highest BCUT2D eigenvalue weighted by atomic mass is 16.5. The standard InChI is InChI=1S/C20H26N4O2/c1-23(15-16-6-5-7-18(12-16)26-2)20(25)22-14-17-8-9-19(21-13-17)24-10-3-4-11-24/h5-9,12-13H,3-4,10-11,14-15H2,1-2H3,(H,22,25). The minimum absolute atomic E-state index is 0.114. The number of hydrogen-bond donors (Lipinski definition) is 1. The largest absolute Gasteiger partial charge is 0.497 e. The smallest absolute Gasteiger partial charge is 0.317 e. The lowest BCUT2D eigenvalue weighted by Crippen LogP contribution is -2.36. The number of nitrogens with zero attached hydrogens (tertiary/aromatic N) is 3. The molecular formula is C20H26N4O2. The molecule has 0 radical (unpaired) electrons. The molecule has 0 spiro atoms. The van der Waals surface area contributed by atoms with Crippen molar-refractivity contribution in [3.63, 3.8) is 0 Å². The van der Waals surface area contributed by atoms with Crippen LogP contribution in [0.2, 0.25) is 0 Å². The molecule has 1 aromatic carbocycles. The SMILES string of the molecule is COc1cccc(CN(C)C(=O)NCc2ccc(N3CCCC3)nc2)c1. The van der Waals surface area contributed by atoms with Crippen molar-refractivity contribution in [1.82, 2.24) is 15.2 Å². The van der Waals surface area contributed by atoms with E-state index in [1.807, 2.05) is 42.6 Å². The van der Waals surface area contributed by atoms with Crippen LogP contribution >= 0.6 is 0 Å². The highest BCUT2D eigenvalue weighted by Gasteiger charge is 2.13. The number of rotatable bonds is 6. The minimum atomic E-state index is -0.114. The summed E-state index contributed by atoms with van der Waals surface area (Å²) >= 11 is 0. The summed E-state index contributed by atoms with van der Waals surface area (Å²) in [5, 5.41) is 2.94. The molecule has 2 heterocycles. The third-order valence-corrected chi connectivity index (χ3v) is 4.58. The molecule has 26 heavy (non-hydrogen) atoms. The number of ether oxygens (including phenoxy) is 1. The fraction of sp³-hybridized carbons (Fsp3) is 0.400. The topological polar surface area (TPSA) is 57.7 Å². The Balaban J connectivity index is 1.49. The lowest BCUT2D eigenvalue weighted by Gasteiger charge is -2.19. The monoisotopic (exact) mass is 354 g/mol. The van der Waals surface area contributed by atoms with Gasteiger partial charge in [0.05, 0.1) is 7.11 Å². The number of urea groups is 1. The predicted molar refractivity (Wildman–Crippen MR) is 102 cm³/mol. The lowest BCUT2D eigenvalue weighted by atomic mass is 10.2. The molecule has 0 unspecified atom stereocenters. The minimum Gasteiger partial charge on any atom is -0.497 e. The second kappa shape index (κ2) is 8.56. The molecule has 2 amide bonds. The van der Waals surface area contributed by atoms with Crippen LogP contribution in [0, 0.1) is 0 Å². The van der Waals surface area contributed by atoms with Crippen molar-refractivity contribution in [3.05, 3.63) is 53.7 Å². The van der Waals surface area contributed by atoms with Gasteiger partial charge in [0.15, 0.2) is 0 Å². The first-order valence-corrected chi connectivity index (χ1v) is 8.97. The number of nitrogens with one attached hydrogen (secondary N) is 1. The van der Waals surface area contributed by atoms with Crippen molar-refractivity contribution in [2.45, 2.75) is 25.9 Å². The third kappa shape index (κ3) is 4.65. The number of carbonyl (C=O) groups excluding carboxylic acids is 1. The molecule has 6 nitrogen and oxygen atoms in total. The predicted octanol–water partition coefficient (Wildman–Crippen LogP) is 3.03. The van der Waals surface area contributed by atoms with Crippen molar-refractivity contribution >= 4 is 11.8 Å². The number of benzene rings is 1. The van der Waals surface area contributed by atoms with E-state index in [0.29, 0.717) is 13.1 Å². The van der Waals surface area contributed by atoms with Gasteiger partial charge in [-0.25, -0.2) is 9.78 Å². The molecule has 1 aliphatic heterocycles. The maximum atomic E-state index is 12.3. The summed E-state index contributed by atoms with van der Waals surface area (Å²) in [4.78, 5) is 20.8. The Hall–Kier alpha value is -2.76. The molecular weight excluding hydrogens is 328 g/mol. The van der Waals surface area contributed by atoms with E-state index in [4.69, 9.17) is 4.74 Å². The Bertz CT molecular complexity index is 727. The average Bonchev–Trinajstić information content (AvgIpc) is 3.21. The first kappa shape index (κ1) is 18.0. The Morgan fingerprint density at radius 3 is 2.73 bits per heavy atom. The zero-order valence-electron chi connectivity index (χ0n) is 15.4. The zero-order chi connectivity index (χ0) is 18.4. The molecule has 1 fully saturated rings. The summed E-state index contributed by atoms with van der Waals surface area (Å²) in [5.74, 6) is 1.81. The van der Waals surface area contributed by atoms with Gasteiger partial charge in [-0.1, -0.05) is 18.2 Å². The van der Waals surface area contributed by atoms with Crippen LogP contribution in [-0.2, 0) is 13.1 Å². The first-order valence-electron chi connectivity index (χ1n) is 8.97. The fourth-order valence-corrected chi connectivity index (χ4v) is 3.08. The van der Waals surface area contributed by atoms with Crippen LogP contribution in [0.3, 0.4) is 0 Å². The van der Waals surface area contributed by atoms with Gasteiger partial charge in [-0.2, -0.15) is 0 Å². The molecule has 6 heteroatoms. The number of methoxy groups -OCH3 is 1. The molecule has 1 aromatic heterocycles. The van der Waals surface area contributed by atoms with Crippen LogP contribution in [0.25, 0.3) is 0 Å². The number of aromatic nitrogens is 1. The van der Waals surface area contributed by atoms with Crippen LogP contribution in [0.1, 0.15) is 24.0 Å². The Kier molecular flexibility index (Phi) is 5.94. The van der Waals surface area contributed by atoms with E-state index in [1.54, 1.807) is 19.1 Å². The van der Waals surface area contributed by atoms with Crippen LogP contribution in [0.15, 0.2) is 42.6 Å². The number of amides is 2. The van der Waals surface area contributed by atoms with Gasteiger partial charge in [0.25, 0.3) is 0 Å². The highest BCUT2D eigenvalue weighted by molar-refractivity contribution is 5.73. The fourth-order valence-electron chi connectivity index (χ4n) is 3.08. The van der Waals surface area contributed by atoms with E-state index in [0.717, 1.165) is 35.8 Å². The van der Waals surface area contributed by atoms with Crippen molar-refractivity contribution in [3.8, 4) is 5.75 Å². The maximum absolute atomic E-state index is 12.3. The van der Waals surface area contributed by atoms with Gasteiger partial charge in [-0.3, -0.25) is 0 Å². The molecule has 3 rings (SSSR count). The van der Waals surface area contributed by atoms with Crippen molar-refractivity contribution in [2.75, 3.05) is 32.1 Å². The molecule has 0 bridgehead atoms. The van der Waals surface area contributed by atoms with E-state index >= 15 is 0 Å². The quantitative estimate of drug-likeness (QED) is 0.866. The number of pyridine rings is 1. The second-order valence-corrected chi connectivity index (χ2v) is 6.59. The third-order valence-electron chi connectivity index (χ3n) is 4.58. The van der Waals surface area contributed by atoms with Crippen LogP contribution in [-0.4, -0.2) is 43.2 Å². The van der Waals surface area contributed by atoms with Gasteiger partial charge in [-0.05, 0) is 42.2 Å². The Morgan fingerprint density at radius 1 is 1.23 bits per heavy atom. The van der Waals surface area contributed by atoms with Crippen molar-refractivity contribution in [2.24, 2.45) is 0 Å². The Labute approximate surface area is 154 Å². The van der Waals surface area contributed by atoms with E-state index in [2.05, 4.69) is 15.2 Å². The maximum Gasteiger partial charge on any atom is 0.317 e. The molecule has 1 aliphatic rings. The van der Waals surface area contributed by atoms with Gasteiger partial charge in [0.2, 0.25) is 0 Å². The summed E-state index contributed by atoms with van der Waals surface area (Å²) in [6.07, 6.45) is 4.31. The molecule has 0 atom stereocenters. The Morgan fingerprint density at radius 2 is 2.04 bits per heavy atom. The molecule has 1 N–H and O–H groups in total. The van der Waals surface area contributed by atoms with Gasteiger partial charge in [0, 0.05) is 39.4 Å². The molecule has 2 aromatic rings. The second-order valence-electron chi connectivity index (χ2n) is 6.59. The van der Waals surface area contributed by atoms with Crippen LogP contribution in [0.5, 0.6) is 5.75 Å². The molecule has 138 valence electrons. The van der Waals surface area contributed by atoms with Gasteiger partial charge >= 0.3 is 6.03 Å². The lowest BCUT2D eigenvalue weighted by molar-refractivity contribution is 0.206. The average molecular weight is 354 g/mol. The molecule has 1 saturated heterocycles. The van der Waals surface area contributed by atoms with Gasteiger partial charge in [0.1, 0.15) is 11.6 Å². The van der Waals surface area contributed by atoms with Crippen LogP contribution < -0.4 is 15.0 Å². The summed E-state index contributed by atoms with van der Waals surface area (Å²) in [7, 11) is 3.42. The summed E-state index contributed by atoms with van der Waals surface area (Å²) in [5.41, 5.74) is 2.02. The normalized spacial score (nSPS) is 13.5.